The van der Waals surface area contributed by atoms with Gasteiger partial charge in [0, 0.05) is 6.42 Å². The average Bonchev–Trinajstić information content (AvgIpc) is 1.88. The highest BCUT2D eigenvalue weighted by Gasteiger charge is 2.08. The third kappa shape index (κ3) is 4.49. The lowest BCUT2D eigenvalue weighted by atomic mass is 10.1. The van der Waals surface area contributed by atoms with E-state index in [9.17, 15) is 0 Å². The first-order valence-electron chi connectivity index (χ1n) is 3.28. The van der Waals surface area contributed by atoms with Gasteiger partial charge in [0.1, 0.15) is 0 Å². The van der Waals surface area contributed by atoms with E-state index in [2.05, 4.69) is 6.58 Å². The number of hydrogen-bond donors (Lipinski definition) is 3. The van der Waals surface area contributed by atoms with E-state index in [-0.39, 0.29) is 13.0 Å². The Hall–Kier alpha value is -0.380. The van der Waals surface area contributed by atoms with E-state index in [0.717, 1.165) is 0 Å². The molecule has 0 rings (SSSR count). The third-order valence-electron chi connectivity index (χ3n) is 1.19. The maximum atomic E-state index is 9.01. The molecule has 0 unspecified atom stereocenters. The fourth-order valence-corrected chi connectivity index (χ4v) is 0.677. The van der Waals surface area contributed by atoms with Gasteiger partial charge in [-0.05, 0) is 6.42 Å². The normalized spacial score (nSPS) is 16.3. The molecule has 60 valence electrons. The van der Waals surface area contributed by atoms with Crippen molar-refractivity contribution in [3.63, 3.8) is 0 Å². The van der Waals surface area contributed by atoms with Crippen molar-refractivity contribution in [2.75, 3.05) is 6.61 Å². The molecule has 2 atom stereocenters. The number of aliphatic hydroxyl groups is 3. The van der Waals surface area contributed by atoms with E-state index >= 15 is 0 Å². The average molecular weight is 146 g/mol. The van der Waals surface area contributed by atoms with Gasteiger partial charge in [-0.1, -0.05) is 6.08 Å². The molecule has 0 radical (unpaired) electrons. The van der Waals surface area contributed by atoms with E-state index in [0.29, 0.717) is 6.42 Å². The largest absolute Gasteiger partial charge is 0.394 e. The molecule has 3 N–H and O–H groups in total. The Morgan fingerprint density at radius 3 is 2.30 bits per heavy atom. The molecule has 0 bridgehead atoms. The molecule has 0 amide bonds. The van der Waals surface area contributed by atoms with Crippen molar-refractivity contribution >= 4 is 0 Å². The zero-order valence-corrected chi connectivity index (χ0v) is 5.90. The molecule has 3 heteroatoms. The summed E-state index contributed by atoms with van der Waals surface area (Å²) in [5.41, 5.74) is 0. The zero-order chi connectivity index (χ0) is 7.98. The summed E-state index contributed by atoms with van der Waals surface area (Å²) < 4.78 is 0. The first kappa shape index (κ1) is 9.62. The number of hydrogen-bond acceptors (Lipinski definition) is 3. The van der Waals surface area contributed by atoms with E-state index in [4.69, 9.17) is 15.3 Å². The van der Waals surface area contributed by atoms with Gasteiger partial charge < -0.3 is 15.3 Å². The van der Waals surface area contributed by atoms with E-state index in [1.807, 2.05) is 0 Å². The summed E-state index contributed by atoms with van der Waals surface area (Å²) >= 11 is 0. The van der Waals surface area contributed by atoms with Crippen molar-refractivity contribution in [3.05, 3.63) is 12.7 Å². The Labute approximate surface area is 60.6 Å². The van der Waals surface area contributed by atoms with Crippen LogP contribution in [0, 0.1) is 0 Å². The van der Waals surface area contributed by atoms with Gasteiger partial charge in [-0.2, -0.15) is 0 Å². The molecule has 0 heterocycles. The Morgan fingerprint density at radius 2 is 1.90 bits per heavy atom. The second-order valence-electron chi connectivity index (χ2n) is 2.25. The molecular weight excluding hydrogens is 132 g/mol. The SMILES string of the molecule is C=CC[C@@H](O)C[C@@H](O)CO. The summed E-state index contributed by atoms with van der Waals surface area (Å²) in [6.45, 7) is 3.13. The Bertz CT molecular complexity index is 92.9. The predicted molar refractivity (Wildman–Crippen MR) is 38.5 cm³/mol. The molecule has 0 aromatic carbocycles. The lowest BCUT2D eigenvalue weighted by Crippen LogP contribution is -2.20. The van der Waals surface area contributed by atoms with Crippen molar-refractivity contribution in [1.29, 1.82) is 0 Å². The van der Waals surface area contributed by atoms with Crippen LogP contribution >= 0.6 is 0 Å². The van der Waals surface area contributed by atoms with Gasteiger partial charge in [0.05, 0.1) is 18.8 Å². The Balaban J connectivity index is 3.35. The molecule has 0 saturated carbocycles. The molecule has 0 aliphatic rings. The highest BCUT2D eigenvalue weighted by atomic mass is 16.3. The summed E-state index contributed by atoms with van der Waals surface area (Å²) in [4.78, 5) is 0. The maximum Gasteiger partial charge on any atom is 0.0795 e. The Kier molecular flexibility index (Phi) is 5.20. The van der Waals surface area contributed by atoms with Crippen LogP contribution in [0.4, 0.5) is 0 Å². The first-order valence-corrected chi connectivity index (χ1v) is 3.28. The van der Waals surface area contributed by atoms with E-state index < -0.39 is 12.2 Å². The van der Waals surface area contributed by atoms with E-state index in [1.165, 1.54) is 0 Å². The monoisotopic (exact) mass is 146 g/mol. The van der Waals surface area contributed by atoms with Crippen molar-refractivity contribution in [3.8, 4) is 0 Å². The highest BCUT2D eigenvalue weighted by Crippen LogP contribution is 2.01. The van der Waals surface area contributed by atoms with Crippen molar-refractivity contribution in [2.24, 2.45) is 0 Å². The van der Waals surface area contributed by atoms with E-state index in [1.54, 1.807) is 6.08 Å². The molecule has 3 nitrogen and oxygen atoms in total. The quantitative estimate of drug-likeness (QED) is 0.465. The molecule has 0 aromatic rings. The lowest BCUT2D eigenvalue weighted by molar-refractivity contribution is 0.0428. The van der Waals surface area contributed by atoms with Crippen LogP contribution in [0.2, 0.25) is 0 Å². The molecule has 0 spiro atoms. The molecule has 0 aromatic heterocycles. The van der Waals surface area contributed by atoms with Crippen molar-refractivity contribution < 1.29 is 15.3 Å². The molecule has 0 fully saturated rings. The summed E-state index contributed by atoms with van der Waals surface area (Å²) in [5.74, 6) is 0. The van der Waals surface area contributed by atoms with Crippen LogP contribution in [-0.2, 0) is 0 Å². The summed E-state index contributed by atoms with van der Waals surface area (Å²) in [6.07, 6.45) is 0.850. The molecule has 0 aliphatic carbocycles. The molecular formula is C7H14O3. The van der Waals surface area contributed by atoms with Crippen molar-refractivity contribution in [1.82, 2.24) is 0 Å². The third-order valence-corrected chi connectivity index (χ3v) is 1.19. The standard InChI is InChI=1S/C7H14O3/c1-2-3-6(9)4-7(10)5-8/h2,6-10H,1,3-5H2/t6-,7-/m1/s1. The van der Waals surface area contributed by atoms with Gasteiger partial charge in [0.2, 0.25) is 0 Å². The maximum absolute atomic E-state index is 9.01. The van der Waals surface area contributed by atoms with Gasteiger partial charge in [-0.25, -0.2) is 0 Å². The molecule has 10 heavy (non-hydrogen) atoms. The van der Waals surface area contributed by atoms with Crippen LogP contribution in [0.15, 0.2) is 12.7 Å². The van der Waals surface area contributed by atoms with Crippen LogP contribution in [0.5, 0.6) is 0 Å². The van der Waals surface area contributed by atoms with Crippen LogP contribution in [0.1, 0.15) is 12.8 Å². The van der Waals surface area contributed by atoms with Gasteiger partial charge in [-0.3, -0.25) is 0 Å². The topological polar surface area (TPSA) is 60.7 Å². The van der Waals surface area contributed by atoms with Crippen LogP contribution < -0.4 is 0 Å². The highest BCUT2D eigenvalue weighted by molar-refractivity contribution is 4.73. The number of aliphatic hydroxyl groups excluding tert-OH is 3. The predicted octanol–water partition coefficient (Wildman–Crippen LogP) is -0.333. The summed E-state index contributed by atoms with van der Waals surface area (Å²) in [5, 5.41) is 26.2. The van der Waals surface area contributed by atoms with Crippen molar-refractivity contribution in [2.45, 2.75) is 25.0 Å². The lowest BCUT2D eigenvalue weighted by Gasteiger charge is -2.10. The van der Waals surface area contributed by atoms with Gasteiger partial charge >= 0.3 is 0 Å². The molecule has 0 aliphatic heterocycles. The smallest absolute Gasteiger partial charge is 0.0795 e. The molecule has 0 saturated heterocycles. The first-order chi connectivity index (χ1) is 4.70. The van der Waals surface area contributed by atoms with Gasteiger partial charge in [0.25, 0.3) is 0 Å². The van der Waals surface area contributed by atoms with Gasteiger partial charge in [-0.15, -0.1) is 6.58 Å². The minimum Gasteiger partial charge on any atom is -0.394 e. The second-order valence-corrected chi connectivity index (χ2v) is 2.25. The van der Waals surface area contributed by atoms with Crippen LogP contribution in [-0.4, -0.2) is 34.1 Å². The minimum absolute atomic E-state index is 0.211. The number of rotatable bonds is 5. The fourth-order valence-electron chi connectivity index (χ4n) is 0.677. The van der Waals surface area contributed by atoms with Crippen LogP contribution in [0.25, 0.3) is 0 Å². The summed E-state index contributed by atoms with van der Waals surface area (Å²) in [6, 6.07) is 0. The Morgan fingerprint density at radius 1 is 1.30 bits per heavy atom. The zero-order valence-electron chi connectivity index (χ0n) is 5.90. The fraction of sp³-hybridized carbons (Fsp3) is 0.714. The van der Waals surface area contributed by atoms with Gasteiger partial charge in [0.15, 0.2) is 0 Å². The summed E-state index contributed by atoms with van der Waals surface area (Å²) in [7, 11) is 0. The second kappa shape index (κ2) is 5.41. The minimum atomic E-state index is -0.810. The van der Waals surface area contributed by atoms with Crippen LogP contribution in [0.3, 0.4) is 0 Å².